The van der Waals surface area contributed by atoms with Crippen molar-refractivity contribution in [2.45, 2.75) is 12.8 Å². The first kappa shape index (κ1) is 24.9. The van der Waals surface area contributed by atoms with Gasteiger partial charge in [-0.2, -0.15) is 5.26 Å². The van der Waals surface area contributed by atoms with Crippen LogP contribution in [0.3, 0.4) is 0 Å². The highest BCUT2D eigenvalue weighted by molar-refractivity contribution is 9.10. The number of allylic oxidation sites excluding steroid dienone is 10. The van der Waals surface area contributed by atoms with Crippen LogP contribution in [0.5, 0.6) is 0 Å². The zero-order chi connectivity index (χ0) is 24.6. The van der Waals surface area contributed by atoms with Gasteiger partial charge < -0.3 is 4.74 Å². The second kappa shape index (κ2) is 12.0. The van der Waals surface area contributed by atoms with Crippen LogP contribution in [0.1, 0.15) is 24.0 Å². The zero-order valence-electron chi connectivity index (χ0n) is 19.4. The monoisotopic (exact) mass is 587 g/mol. The smallest absolute Gasteiger partial charge is 0.199 e. The first-order chi connectivity index (χ1) is 17.0. The van der Waals surface area contributed by atoms with Gasteiger partial charge in [-0.25, -0.2) is 4.58 Å². The molecule has 0 N–H and O–H groups in total. The molecule has 3 nitrogen and oxygen atoms in total. The van der Waals surface area contributed by atoms with E-state index in [-0.39, 0.29) is 0 Å². The van der Waals surface area contributed by atoms with Crippen LogP contribution in [0, 0.1) is 11.3 Å². The molecule has 0 fully saturated rings. The van der Waals surface area contributed by atoms with Gasteiger partial charge in [0.1, 0.15) is 25.1 Å². The van der Waals surface area contributed by atoms with Crippen molar-refractivity contribution in [2.24, 2.45) is 0 Å². The highest BCUT2D eigenvalue weighted by Gasteiger charge is 2.14. The van der Waals surface area contributed by atoms with Crippen molar-refractivity contribution in [1.82, 2.24) is 0 Å². The third-order valence-electron chi connectivity index (χ3n) is 5.67. The molecule has 2 aliphatic rings. The molecule has 0 unspecified atom stereocenters. The highest BCUT2D eigenvalue weighted by Crippen LogP contribution is 2.32. The Morgan fingerprint density at radius 3 is 2.11 bits per heavy atom. The molecule has 0 radical (unpaired) electrons. The molecule has 0 saturated carbocycles. The average Bonchev–Trinajstić information content (AvgIpc) is 2.88. The number of hydrogen-bond donors (Lipinski definition) is 0. The van der Waals surface area contributed by atoms with Crippen molar-refractivity contribution in [1.29, 1.82) is 5.26 Å². The number of nitriles is 1. The van der Waals surface area contributed by atoms with Crippen LogP contribution >= 0.6 is 31.9 Å². The van der Waals surface area contributed by atoms with Crippen LogP contribution in [0.4, 0.5) is 0 Å². The van der Waals surface area contributed by atoms with E-state index < -0.39 is 0 Å². The minimum atomic E-state index is 0.580. The predicted octanol–water partition coefficient (Wildman–Crippen LogP) is 7.99. The summed E-state index contributed by atoms with van der Waals surface area (Å²) in [7, 11) is 2.05. The second-order valence-corrected chi connectivity index (χ2v) is 10.1. The van der Waals surface area contributed by atoms with Crippen LogP contribution in [0.2, 0.25) is 0 Å². The van der Waals surface area contributed by atoms with E-state index in [1.54, 1.807) is 0 Å². The van der Waals surface area contributed by atoms with Crippen molar-refractivity contribution < 1.29 is 9.31 Å². The number of halogens is 2. The molecular weight excluding hydrogens is 564 g/mol. The van der Waals surface area contributed by atoms with Crippen LogP contribution in [-0.4, -0.2) is 23.9 Å². The van der Waals surface area contributed by atoms with E-state index in [4.69, 9.17) is 10.00 Å². The minimum Gasteiger partial charge on any atom is -0.457 e. The standard InChI is InChI=1S/C30H25Br2N2O/c1-34(19-3-2-18-33)28-15-4-22(5-16-28)6-17-29-20-25(23-7-11-26(31)12-8-23)21-30(35-29)24-9-13-27(32)14-10-24/h4-17,20-21H,2-3,19H2,1H3/q+1/b22-6?,29-17+,34-28?. The molecule has 1 aliphatic carbocycles. The summed E-state index contributed by atoms with van der Waals surface area (Å²) >= 11 is 7.03. The fraction of sp³-hybridized carbons (Fsp3) is 0.133. The molecule has 0 saturated heterocycles. The molecular formula is C30H25Br2N2O+. The summed E-state index contributed by atoms with van der Waals surface area (Å²) in [6.45, 7) is 0.864. The maximum atomic E-state index is 8.74. The largest absolute Gasteiger partial charge is 0.457 e. The van der Waals surface area contributed by atoms with E-state index in [1.165, 1.54) is 0 Å². The van der Waals surface area contributed by atoms with E-state index in [2.05, 4.69) is 104 Å². The van der Waals surface area contributed by atoms with Crippen molar-refractivity contribution >= 4 is 48.9 Å². The Kier molecular flexibility index (Phi) is 8.52. The quantitative estimate of drug-likeness (QED) is 0.253. The highest BCUT2D eigenvalue weighted by atomic mass is 79.9. The summed E-state index contributed by atoms with van der Waals surface area (Å²) in [5, 5.41) is 8.74. The van der Waals surface area contributed by atoms with Crippen LogP contribution in [-0.2, 0) is 4.74 Å². The Balaban J connectivity index is 1.59. The molecule has 0 spiro atoms. The first-order valence-corrected chi connectivity index (χ1v) is 13.0. The summed E-state index contributed by atoms with van der Waals surface area (Å²) in [6, 6.07) is 18.6. The molecule has 35 heavy (non-hydrogen) atoms. The van der Waals surface area contributed by atoms with Crippen molar-refractivity contribution in [3.8, 4) is 6.07 Å². The average molecular weight is 589 g/mol. The Morgan fingerprint density at radius 1 is 0.857 bits per heavy atom. The lowest BCUT2D eigenvalue weighted by Crippen LogP contribution is -2.16. The SMILES string of the molecule is C[N+](CCCC#N)=C1C=CC(=C/C=C2\C=C(c3ccc(Br)cc3)C=C(c3ccc(Br)cc3)O2)C=C1. The van der Waals surface area contributed by atoms with E-state index >= 15 is 0 Å². The third kappa shape index (κ3) is 6.91. The number of hydrogen-bond acceptors (Lipinski definition) is 2. The van der Waals surface area contributed by atoms with Gasteiger partial charge in [0.15, 0.2) is 5.71 Å². The molecule has 0 bridgehead atoms. The minimum absolute atomic E-state index is 0.580. The molecule has 0 atom stereocenters. The number of rotatable bonds is 6. The Morgan fingerprint density at radius 2 is 1.49 bits per heavy atom. The summed E-state index contributed by atoms with van der Waals surface area (Å²) < 4.78 is 10.5. The molecule has 174 valence electrons. The second-order valence-electron chi connectivity index (χ2n) is 8.23. The number of benzene rings is 2. The molecule has 1 aliphatic heterocycles. The Labute approximate surface area is 223 Å². The zero-order valence-corrected chi connectivity index (χ0v) is 22.6. The lowest BCUT2D eigenvalue weighted by molar-refractivity contribution is -0.496. The third-order valence-corrected chi connectivity index (χ3v) is 6.73. The number of nitrogens with zero attached hydrogens (tertiary/aromatic N) is 2. The van der Waals surface area contributed by atoms with Gasteiger partial charge in [-0.3, -0.25) is 0 Å². The van der Waals surface area contributed by atoms with Crippen LogP contribution in [0.25, 0.3) is 11.3 Å². The summed E-state index contributed by atoms with van der Waals surface area (Å²) in [4.78, 5) is 0. The van der Waals surface area contributed by atoms with Crippen LogP contribution in [0.15, 0.2) is 117 Å². The fourth-order valence-electron chi connectivity index (χ4n) is 3.71. The first-order valence-electron chi connectivity index (χ1n) is 11.4. The fourth-order valence-corrected chi connectivity index (χ4v) is 4.24. The maximum Gasteiger partial charge on any atom is 0.199 e. The molecule has 2 aromatic carbocycles. The van der Waals surface area contributed by atoms with Crippen LogP contribution < -0.4 is 0 Å². The molecule has 0 amide bonds. The topological polar surface area (TPSA) is 36.0 Å². The van der Waals surface area contributed by atoms with Gasteiger partial charge in [0.05, 0.1) is 6.07 Å². The Bertz CT molecular complexity index is 1330. The summed E-state index contributed by atoms with van der Waals surface area (Å²) in [5.41, 5.74) is 5.47. The summed E-state index contributed by atoms with van der Waals surface area (Å²) in [6.07, 6.45) is 18.1. The van der Waals surface area contributed by atoms with E-state index in [0.29, 0.717) is 6.42 Å². The Hall–Kier alpha value is -3.20. The van der Waals surface area contributed by atoms with E-state index in [0.717, 1.165) is 61.4 Å². The maximum absolute atomic E-state index is 8.74. The van der Waals surface area contributed by atoms with Gasteiger partial charge in [-0.15, -0.1) is 0 Å². The van der Waals surface area contributed by atoms with Gasteiger partial charge in [-0.05, 0) is 71.4 Å². The van der Waals surface area contributed by atoms with E-state index in [1.807, 2.05) is 42.5 Å². The normalized spacial score (nSPS) is 15.9. The summed E-state index contributed by atoms with van der Waals surface area (Å²) in [5.74, 6) is 1.59. The predicted molar refractivity (Wildman–Crippen MR) is 151 cm³/mol. The molecule has 1 heterocycles. The lowest BCUT2D eigenvalue weighted by atomic mass is 10.0. The van der Waals surface area contributed by atoms with Gasteiger partial charge in [0.25, 0.3) is 0 Å². The van der Waals surface area contributed by atoms with Gasteiger partial charge in [0, 0.05) is 39.5 Å². The van der Waals surface area contributed by atoms with Gasteiger partial charge in [-0.1, -0.05) is 62.2 Å². The molecule has 0 aromatic heterocycles. The lowest BCUT2D eigenvalue weighted by Gasteiger charge is -2.18. The number of ether oxygens (including phenoxy) is 1. The van der Waals surface area contributed by atoms with E-state index in [9.17, 15) is 0 Å². The van der Waals surface area contributed by atoms with Crippen molar-refractivity contribution in [3.63, 3.8) is 0 Å². The van der Waals surface area contributed by atoms with Crippen molar-refractivity contribution in [3.05, 3.63) is 129 Å². The molecule has 4 rings (SSSR count). The number of unbranched alkanes of at least 4 members (excludes halogenated alkanes) is 1. The molecule has 2 aromatic rings. The van der Waals surface area contributed by atoms with Crippen molar-refractivity contribution in [2.75, 3.05) is 13.6 Å². The van der Waals surface area contributed by atoms with Gasteiger partial charge >= 0.3 is 0 Å². The molecule has 5 heteroatoms. The van der Waals surface area contributed by atoms with Gasteiger partial charge in [0.2, 0.25) is 0 Å².